The molecule has 0 atom stereocenters. The van der Waals surface area contributed by atoms with Gasteiger partial charge in [0.1, 0.15) is 5.75 Å². The molecule has 5 heteroatoms. The molecule has 24 heavy (non-hydrogen) atoms. The lowest BCUT2D eigenvalue weighted by Crippen LogP contribution is -2.15. The Labute approximate surface area is 143 Å². The van der Waals surface area contributed by atoms with Crippen molar-refractivity contribution in [1.82, 2.24) is 0 Å². The predicted octanol–water partition coefficient (Wildman–Crippen LogP) is 4.07. The van der Waals surface area contributed by atoms with Crippen molar-refractivity contribution in [2.75, 3.05) is 11.8 Å². The number of methoxy groups -OCH3 is 1. The van der Waals surface area contributed by atoms with E-state index in [0.29, 0.717) is 11.4 Å². The van der Waals surface area contributed by atoms with Crippen LogP contribution in [0.3, 0.4) is 0 Å². The molecule has 4 nitrogen and oxygen atoms in total. The molecule has 0 bridgehead atoms. The molecule has 0 saturated heterocycles. The highest BCUT2D eigenvalue weighted by Gasteiger charge is 2.22. The standard InChI is InChI=1S/C19H23NO3S/c1-13-10-16(12-15-4-5-15)11-14(2)19(13)20-24(21,22)18-8-6-17(23-3)7-9-18/h6-11,15,20H,4-5,12H2,1-3H3. The normalized spacial score (nSPS) is 14.5. The molecule has 1 aliphatic carbocycles. The quantitative estimate of drug-likeness (QED) is 0.859. The Hall–Kier alpha value is -2.01. The Morgan fingerprint density at radius 1 is 1.08 bits per heavy atom. The highest BCUT2D eigenvalue weighted by Crippen LogP contribution is 2.34. The average Bonchev–Trinajstić information content (AvgIpc) is 3.35. The van der Waals surface area contributed by atoms with Gasteiger partial charge < -0.3 is 4.74 Å². The molecule has 128 valence electrons. The number of nitrogens with one attached hydrogen (secondary N) is 1. The van der Waals surface area contributed by atoms with E-state index in [4.69, 9.17) is 4.74 Å². The van der Waals surface area contributed by atoms with E-state index in [2.05, 4.69) is 16.9 Å². The van der Waals surface area contributed by atoms with E-state index in [0.717, 1.165) is 23.5 Å². The van der Waals surface area contributed by atoms with E-state index in [1.54, 1.807) is 31.4 Å². The minimum Gasteiger partial charge on any atom is -0.497 e. The molecule has 0 unspecified atom stereocenters. The van der Waals surface area contributed by atoms with Crippen molar-refractivity contribution in [3.05, 3.63) is 53.1 Å². The molecule has 3 rings (SSSR count). The van der Waals surface area contributed by atoms with Crippen LogP contribution in [-0.2, 0) is 16.4 Å². The fourth-order valence-corrected chi connectivity index (χ4v) is 4.14. The topological polar surface area (TPSA) is 55.4 Å². The lowest BCUT2D eigenvalue weighted by molar-refractivity contribution is 0.414. The van der Waals surface area contributed by atoms with Crippen molar-refractivity contribution in [3.63, 3.8) is 0 Å². The number of benzene rings is 2. The zero-order valence-electron chi connectivity index (χ0n) is 14.3. The first kappa shape index (κ1) is 16.8. The number of hydrogen-bond donors (Lipinski definition) is 1. The summed E-state index contributed by atoms with van der Waals surface area (Å²) >= 11 is 0. The molecule has 1 aliphatic rings. The average molecular weight is 345 g/mol. The van der Waals surface area contributed by atoms with Gasteiger partial charge in [0, 0.05) is 0 Å². The van der Waals surface area contributed by atoms with Gasteiger partial charge in [-0.25, -0.2) is 8.42 Å². The highest BCUT2D eigenvalue weighted by molar-refractivity contribution is 7.92. The molecule has 0 amide bonds. The molecule has 0 aromatic heterocycles. The maximum Gasteiger partial charge on any atom is 0.261 e. The second-order valence-electron chi connectivity index (χ2n) is 6.53. The molecule has 2 aromatic carbocycles. The van der Waals surface area contributed by atoms with Crippen LogP contribution in [0.4, 0.5) is 5.69 Å². The first-order valence-corrected chi connectivity index (χ1v) is 9.64. The molecule has 1 fully saturated rings. The van der Waals surface area contributed by atoms with Gasteiger partial charge in [-0.05, 0) is 80.0 Å². The Morgan fingerprint density at radius 3 is 2.17 bits per heavy atom. The SMILES string of the molecule is COc1ccc(S(=O)(=O)Nc2c(C)cc(CC3CC3)cc2C)cc1. The number of aryl methyl sites for hydroxylation is 2. The van der Waals surface area contributed by atoms with Crippen LogP contribution in [0, 0.1) is 19.8 Å². The number of rotatable bonds is 6. The largest absolute Gasteiger partial charge is 0.497 e. The van der Waals surface area contributed by atoms with Gasteiger partial charge in [0.2, 0.25) is 0 Å². The Balaban J connectivity index is 1.85. The lowest BCUT2D eigenvalue weighted by Gasteiger charge is -2.15. The molecular weight excluding hydrogens is 322 g/mol. The predicted molar refractivity (Wildman–Crippen MR) is 96.1 cm³/mol. The number of hydrogen-bond acceptors (Lipinski definition) is 3. The van der Waals surface area contributed by atoms with E-state index < -0.39 is 10.0 Å². The van der Waals surface area contributed by atoms with Crippen LogP contribution >= 0.6 is 0 Å². The van der Waals surface area contributed by atoms with Crippen LogP contribution in [0.5, 0.6) is 5.75 Å². The van der Waals surface area contributed by atoms with Crippen molar-refractivity contribution >= 4 is 15.7 Å². The molecule has 1 saturated carbocycles. The van der Waals surface area contributed by atoms with Gasteiger partial charge in [0.05, 0.1) is 17.7 Å². The van der Waals surface area contributed by atoms with Crippen molar-refractivity contribution < 1.29 is 13.2 Å². The molecule has 0 radical (unpaired) electrons. The fraction of sp³-hybridized carbons (Fsp3) is 0.368. The summed E-state index contributed by atoms with van der Waals surface area (Å²) < 4.78 is 33.1. The van der Waals surface area contributed by atoms with Crippen LogP contribution in [-0.4, -0.2) is 15.5 Å². The molecular formula is C19H23NO3S. The van der Waals surface area contributed by atoms with Gasteiger partial charge in [-0.3, -0.25) is 4.72 Å². The van der Waals surface area contributed by atoms with E-state index in [9.17, 15) is 8.42 Å². The summed E-state index contributed by atoms with van der Waals surface area (Å²) in [5.74, 6) is 1.44. The van der Waals surface area contributed by atoms with Crippen molar-refractivity contribution in [3.8, 4) is 5.75 Å². The second-order valence-corrected chi connectivity index (χ2v) is 8.22. The zero-order chi connectivity index (χ0) is 17.3. The first-order valence-electron chi connectivity index (χ1n) is 8.16. The van der Waals surface area contributed by atoms with Crippen molar-refractivity contribution in [2.45, 2.75) is 38.0 Å². The summed E-state index contributed by atoms with van der Waals surface area (Å²) in [5.41, 5.74) is 3.88. The Bertz CT molecular complexity index is 814. The first-order chi connectivity index (χ1) is 11.4. The number of ether oxygens (including phenoxy) is 1. The molecule has 0 aliphatic heterocycles. The van der Waals surface area contributed by atoms with E-state index in [1.807, 2.05) is 13.8 Å². The van der Waals surface area contributed by atoms with Crippen LogP contribution in [0.2, 0.25) is 0 Å². The van der Waals surface area contributed by atoms with Crippen LogP contribution < -0.4 is 9.46 Å². The molecule has 1 N–H and O–H groups in total. The van der Waals surface area contributed by atoms with Gasteiger partial charge in [-0.1, -0.05) is 12.1 Å². The monoisotopic (exact) mass is 345 g/mol. The Morgan fingerprint density at radius 2 is 1.67 bits per heavy atom. The smallest absolute Gasteiger partial charge is 0.261 e. The summed E-state index contributed by atoms with van der Waals surface area (Å²) in [6.45, 7) is 3.91. The third kappa shape index (κ3) is 3.73. The van der Waals surface area contributed by atoms with Crippen molar-refractivity contribution in [1.29, 1.82) is 0 Å². The maximum absolute atomic E-state index is 12.6. The van der Waals surface area contributed by atoms with E-state index in [-0.39, 0.29) is 4.90 Å². The molecule has 0 heterocycles. The highest BCUT2D eigenvalue weighted by atomic mass is 32.2. The van der Waals surface area contributed by atoms with Gasteiger partial charge in [-0.2, -0.15) is 0 Å². The van der Waals surface area contributed by atoms with Gasteiger partial charge in [-0.15, -0.1) is 0 Å². The third-order valence-electron chi connectivity index (χ3n) is 4.42. The van der Waals surface area contributed by atoms with Crippen LogP contribution in [0.25, 0.3) is 0 Å². The number of sulfonamides is 1. The second kappa shape index (κ2) is 6.48. The maximum atomic E-state index is 12.6. The van der Waals surface area contributed by atoms with Gasteiger partial charge in [0.15, 0.2) is 0 Å². The van der Waals surface area contributed by atoms with Gasteiger partial charge >= 0.3 is 0 Å². The van der Waals surface area contributed by atoms with Crippen LogP contribution in [0.1, 0.15) is 29.5 Å². The lowest BCUT2D eigenvalue weighted by atomic mass is 10.0. The summed E-state index contributed by atoms with van der Waals surface area (Å²) in [5, 5.41) is 0. The zero-order valence-corrected chi connectivity index (χ0v) is 15.1. The molecule has 0 spiro atoms. The summed E-state index contributed by atoms with van der Waals surface area (Å²) in [6, 6.07) is 10.6. The van der Waals surface area contributed by atoms with Crippen LogP contribution in [0.15, 0.2) is 41.3 Å². The fourth-order valence-electron chi connectivity index (χ4n) is 2.94. The van der Waals surface area contributed by atoms with Gasteiger partial charge in [0.25, 0.3) is 10.0 Å². The van der Waals surface area contributed by atoms with Crippen molar-refractivity contribution in [2.24, 2.45) is 5.92 Å². The molecule has 2 aromatic rings. The summed E-state index contributed by atoms with van der Waals surface area (Å²) in [7, 11) is -2.06. The Kier molecular flexibility index (Phi) is 4.54. The minimum atomic E-state index is -3.61. The third-order valence-corrected chi connectivity index (χ3v) is 5.79. The summed E-state index contributed by atoms with van der Waals surface area (Å²) in [6.07, 6.45) is 3.71. The number of anilines is 1. The van der Waals surface area contributed by atoms with E-state index in [1.165, 1.54) is 18.4 Å². The van der Waals surface area contributed by atoms with E-state index >= 15 is 0 Å². The minimum absolute atomic E-state index is 0.226. The summed E-state index contributed by atoms with van der Waals surface area (Å²) in [4.78, 5) is 0.226.